The van der Waals surface area contributed by atoms with Crippen LogP contribution in [0.1, 0.15) is 51.0 Å². The molecule has 4 atom stereocenters. The normalized spacial score (nSPS) is 14.4. The molecule has 34 heavy (non-hydrogen) atoms. The van der Waals surface area contributed by atoms with E-state index in [4.69, 9.17) is 18.9 Å². The van der Waals surface area contributed by atoms with Crippen LogP contribution in [-0.4, -0.2) is 60.0 Å². The Morgan fingerprint density at radius 1 is 1.12 bits per heavy atom. The van der Waals surface area contributed by atoms with Crippen molar-refractivity contribution in [1.29, 1.82) is 0 Å². The van der Waals surface area contributed by atoms with Crippen LogP contribution in [0.2, 0.25) is 0 Å². The van der Waals surface area contributed by atoms with E-state index in [2.05, 4.69) is 10.3 Å². The molecule has 9 nitrogen and oxygen atoms in total. The highest BCUT2D eigenvalue weighted by molar-refractivity contribution is 5.97. The number of pyridine rings is 1. The van der Waals surface area contributed by atoms with Crippen LogP contribution >= 0.6 is 0 Å². The highest BCUT2D eigenvalue weighted by Crippen LogP contribution is 2.27. The summed E-state index contributed by atoms with van der Waals surface area (Å²) < 4.78 is 22.8. The van der Waals surface area contributed by atoms with Crippen LogP contribution in [0.25, 0.3) is 0 Å². The zero-order valence-corrected chi connectivity index (χ0v) is 20.3. The highest BCUT2D eigenvalue weighted by atomic mass is 16.6. The molecule has 1 aromatic carbocycles. The van der Waals surface area contributed by atoms with Gasteiger partial charge in [-0.1, -0.05) is 32.0 Å². The lowest BCUT2D eigenvalue weighted by atomic mass is 10.1. The molecule has 2 N–H and O–H groups in total. The average molecular weight is 475 g/mol. The monoisotopic (exact) mass is 474 g/mol. The molecule has 0 saturated carbocycles. The summed E-state index contributed by atoms with van der Waals surface area (Å²) in [5, 5.41) is 12.6. The molecule has 0 aliphatic rings. The molecule has 1 heterocycles. The molecule has 0 aliphatic heterocycles. The number of methoxy groups -OCH3 is 1. The van der Waals surface area contributed by atoms with Gasteiger partial charge in [0.15, 0.2) is 23.3 Å². The number of hydrogen-bond donors (Lipinski definition) is 2. The number of nitrogens with zero attached hydrogens (tertiary/aromatic N) is 1. The third kappa shape index (κ3) is 7.34. The fraction of sp³-hybridized carbons (Fsp3) is 0.480. The standard InChI is InChI=1S/C25H34N2O7/c1-6-15-32-19(7-2)23(34-18-11-9-8-10-12-18)17(4)33-25(30)16(3)27-24(29)21-22(28)20(31-5)13-14-26-21/h8-14,16-17,19,23,28H,6-7,15H2,1-5H3,(H,27,29)/t16-,17+,19+,23+/m1/s1. The number of aromatic nitrogens is 1. The molecule has 9 heteroatoms. The number of hydrogen-bond acceptors (Lipinski definition) is 8. The van der Waals surface area contributed by atoms with E-state index in [0.29, 0.717) is 18.8 Å². The van der Waals surface area contributed by atoms with Gasteiger partial charge in [-0.25, -0.2) is 9.78 Å². The number of benzene rings is 1. The second kappa shape index (κ2) is 13.4. The van der Waals surface area contributed by atoms with E-state index in [1.165, 1.54) is 26.3 Å². The zero-order valence-electron chi connectivity index (χ0n) is 20.3. The van der Waals surface area contributed by atoms with Crippen molar-refractivity contribution in [3.05, 3.63) is 48.3 Å². The Hall–Kier alpha value is -3.33. The average Bonchev–Trinajstić information content (AvgIpc) is 2.84. The maximum Gasteiger partial charge on any atom is 0.328 e. The minimum absolute atomic E-state index is 0.0996. The number of nitrogens with one attached hydrogen (secondary N) is 1. The molecule has 0 unspecified atom stereocenters. The molecule has 0 radical (unpaired) electrons. The van der Waals surface area contributed by atoms with E-state index in [-0.39, 0.29) is 17.5 Å². The van der Waals surface area contributed by atoms with Gasteiger partial charge in [-0.2, -0.15) is 0 Å². The minimum Gasteiger partial charge on any atom is -0.503 e. The third-order valence-corrected chi connectivity index (χ3v) is 5.11. The second-order valence-electron chi connectivity index (χ2n) is 7.76. The number of esters is 1. The van der Waals surface area contributed by atoms with Gasteiger partial charge in [-0.15, -0.1) is 0 Å². The minimum atomic E-state index is -1.00. The molecule has 0 spiro atoms. The predicted molar refractivity (Wildman–Crippen MR) is 126 cm³/mol. The maximum atomic E-state index is 12.8. The van der Waals surface area contributed by atoms with E-state index in [9.17, 15) is 14.7 Å². The molecule has 2 aromatic rings. The molecule has 0 saturated heterocycles. The Kier molecular flexibility index (Phi) is 10.6. The molecule has 1 amide bonds. The number of amides is 1. The Morgan fingerprint density at radius 2 is 1.82 bits per heavy atom. The van der Waals surface area contributed by atoms with Crippen molar-refractivity contribution in [2.45, 2.75) is 64.9 Å². The Bertz CT molecular complexity index is 923. The van der Waals surface area contributed by atoms with Gasteiger partial charge >= 0.3 is 5.97 Å². The number of carbonyl (C=O) groups excluding carboxylic acids is 2. The van der Waals surface area contributed by atoms with E-state index in [0.717, 1.165) is 6.42 Å². The van der Waals surface area contributed by atoms with Gasteiger partial charge in [0.05, 0.1) is 13.2 Å². The van der Waals surface area contributed by atoms with Crippen molar-refractivity contribution in [3.63, 3.8) is 0 Å². The first-order valence-electron chi connectivity index (χ1n) is 11.4. The van der Waals surface area contributed by atoms with Gasteiger partial charge in [0.1, 0.15) is 17.9 Å². The van der Waals surface area contributed by atoms with Crippen LogP contribution in [0.15, 0.2) is 42.6 Å². The van der Waals surface area contributed by atoms with Gasteiger partial charge in [0.2, 0.25) is 0 Å². The summed E-state index contributed by atoms with van der Waals surface area (Å²) in [5.74, 6) is -1.07. The molecular formula is C25H34N2O7. The van der Waals surface area contributed by atoms with Crippen molar-refractivity contribution in [1.82, 2.24) is 10.3 Å². The lowest BCUT2D eigenvalue weighted by Crippen LogP contribution is -2.47. The summed E-state index contributed by atoms with van der Waals surface area (Å²) in [6.45, 7) is 7.77. The van der Waals surface area contributed by atoms with Gasteiger partial charge in [0, 0.05) is 18.9 Å². The Labute approximate surface area is 200 Å². The van der Waals surface area contributed by atoms with Crippen LogP contribution < -0.4 is 14.8 Å². The molecule has 1 aromatic heterocycles. The van der Waals surface area contributed by atoms with E-state index < -0.39 is 35.9 Å². The molecule has 0 aliphatic carbocycles. The second-order valence-corrected chi connectivity index (χ2v) is 7.76. The fourth-order valence-electron chi connectivity index (χ4n) is 3.29. The third-order valence-electron chi connectivity index (χ3n) is 5.11. The number of para-hydroxylation sites is 1. The van der Waals surface area contributed by atoms with Gasteiger partial charge < -0.3 is 29.4 Å². The van der Waals surface area contributed by atoms with Crippen LogP contribution in [0.5, 0.6) is 17.2 Å². The molecule has 186 valence electrons. The summed E-state index contributed by atoms with van der Waals surface area (Å²) in [5.41, 5.74) is -0.253. The fourth-order valence-corrected chi connectivity index (χ4v) is 3.29. The summed E-state index contributed by atoms with van der Waals surface area (Å²) in [7, 11) is 1.36. The van der Waals surface area contributed by atoms with Crippen molar-refractivity contribution in [2.75, 3.05) is 13.7 Å². The first-order chi connectivity index (χ1) is 16.3. The number of rotatable bonds is 13. The largest absolute Gasteiger partial charge is 0.503 e. The molecule has 0 fully saturated rings. The molecular weight excluding hydrogens is 440 g/mol. The summed E-state index contributed by atoms with van der Waals surface area (Å²) in [6.07, 6.45) is 1.30. The van der Waals surface area contributed by atoms with E-state index in [1.807, 2.05) is 44.2 Å². The zero-order chi connectivity index (χ0) is 25.1. The maximum absolute atomic E-state index is 12.8. The van der Waals surface area contributed by atoms with Crippen LogP contribution in [0.3, 0.4) is 0 Å². The highest BCUT2D eigenvalue weighted by Gasteiger charge is 2.33. The van der Waals surface area contributed by atoms with Crippen LogP contribution in [0, 0.1) is 0 Å². The summed E-state index contributed by atoms with van der Waals surface area (Å²) >= 11 is 0. The van der Waals surface area contributed by atoms with Crippen molar-refractivity contribution < 1.29 is 33.6 Å². The van der Waals surface area contributed by atoms with Gasteiger partial charge in [-0.3, -0.25) is 4.79 Å². The predicted octanol–water partition coefficient (Wildman–Crippen LogP) is 3.50. The number of ether oxygens (including phenoxy) is 4. The van der Waals surface area contributed by atoms with E-state index in [1.54, 1.807) is 6.92 Å². The molecule has 2 rings (SSSR count). The van der Waals surface area contributed by atoms with Crippen molar-refractivity contribution in [3.8, 4) is 17.2 Å². The van der Waals surface area contributed by atoms with Gasteiger partial charge in [-0.05, 0) is 38.8 Å². The van der Waals surface area contributed by atoms with Crippen molar-refractivity contribution >= 4 is 11.9 Å². The Balaban J connectivity index is 2.09. The first kappa shape index (κ1) is 26.9. The van der Waals surface area contributed by atoms with E-state index >= 15 is 0 Å². The summed E-state index contributed by atoms with van der Waals surface area (Å²) in [4.78, 5) is 29.2. The quantitative estimate of drug-likeness (QED) is 0.424. The number of carbonyl (C=O) groups is 2. The lowest BCUT2D eigenvalue weighted by Gasteiger charge is -2.32. The topological polar surface area (TPSA) is 116 Å². The van der Waals surface area contributed by atoms with Crippen LogP contribution in [0.4, 0.5) is 0 Å². The number of aromatic hydroxyl groups is 1. The van der Waals surface area contributed by atoms with Crippen LogP contribution in [-0.2, 0) is 14.3 Å². The first-order valence-corrected chi connectivity index (χ1v) is 11.4. The van der Waals surface area contributed by atoms with Crippen molar-refractivity contribution in [2.24, 2.45) is 0 Å². The summed E-state index contributed by atoms with van der Waals surface area (Å²) in [6, 6.07) is 9.66. The lowest BCUT2D eigenvalue weighted by molar-refractivity contribution is -0.160. The molecule has 0 bridgehead atoms. The SMILES string of the molecule is CCCO[C@@H](CC)[C@@H](Oc1ccccc1)[C@H](C)OC(=O)[C@@H](C)NC(=O)c1nccc(OC)c1O. The Morgan fingerprint density at radius 3 is 2.44 bits per heavy atom. The smallest absolute Gasteiger partial charge is 0.328 e. The van der Waals surface area contributed by atoms with Gasteiger partial charge in [0.25, 0.3) is 5.91 Å².